The van der Waals surface area contributed by atoms with Crippen molar-refractivity contribution >= 4 is 12.2 Å². The molecule has 0 aliphatic rings. The lowest BCUT2D eigenvalue weighted by Gasteiger charge is -2.07. The molecular weight excluding hydrogens is 192 g/mol. The standard InChI is InChI=1S/C11H14N2O2/c1-9(13-11(14)15)4-2-5-10-6-3-7-12-8-10/h2-3,5-9,13H,4H2,1H3,(H,14,15)/b5-2+. The number of aromatic nitrogens is 1. The number of rotatable bonds is 4. The lowest BCUT2D eigenvalue weighted by molar-refractivity contribution is 0.191. The first-order chi connectivity index (χ1) is 7.18. The molecule has 1 rings (SSSR count). The lowest BCUT2D eigenvalue weighted by atomic mass is 10.2. The summed E-state index contributed by atoms with van der Waals surface area (Å²) in [6.07, 6.45) is 7.00. The van der Waals surface area contributed by atoms with Crippen LogP contribution in [-0.2, 0) is 0 Å². The van der Waals surface area contributed by atoms with Crippen molar-refractivity contribution in [1.29, 1.82) is 0 Å². The van der Waals surface area contributed by atoms with Gasteiger partial charge in [0.15, 0.2) is 0 Å². The zero-order valence-electron chi connectivity index (χ0n) is 8.55. The highest BCUT2D eigenvalue weighted by Crippen LogP contribution is 2.01. The Hall–Kier alpha value is -1.84. The van der Waals surface area contributed by atoms with Gasteiger partial charge in [0.05, 0.1) is 0 Å². The SMILES string of the molecule is CC(C/C=C/c1cccnc1)NC(=O)O. The van der Waals surface area contributed by atoms with Crippen molar-refractivity contribution in [2.45, 2.75) is 19.4 Å². The highest BCUT2D eigenvalue weighted by atomic mass is 16.4. The minimum Gasteiger partial charge on any atom is -0.465 e. The Morgan fingerprint density at radius 1 is 1.73 bits per heavy atom. The van der Waals surface area contributed by atoms with E-state index in [0.717, 1.165) is 5.56 Å². The number of hydrogen-bond donors (Lipinski definition) is 2. The Kier molecular flexibility index (Phi) is 4.34. The summed E-state index contributed by atoms with van der Waals surface area (Å²) in [5.74, 6) is 0. The first-order valence-corrected chi connectivity index (χ1v) is 4.74. The van der Waals surface area contributed by atoms with Crippen LogP contribution in [0.3, 0.4) is 0 Å². The van der Waals surface area contributed by atoms with Gasteiger partial charge in [0.2, 0.25) is 0 Å². The number of amides is 1. The van der Waals surface area contributed by atoms with Crippen molar-refractivity contribution in [2.75, 3.05) is 0 Å². The molecule has 0 spiro atoms. The molecule has 1 amide bonds. The molecule has 1 atom stereocenters. The molecule has 1 aromatic rings. The summed E-state index contributed by atoms with van der Waals surface area (Å²) in [5, 5.41) is 10.8. The first kappa shape index (κ1) is 11.2. The van der Waals surface area contributed by atoms with Crippen molar-refractivity contribution in [2.24, 2.45) is 0 Å². The zero-order chi connectivity index (χ0) is 11.1. The fraction of sp³-hybridized carbons (Fsp3) is 0.273. The number of nitrogens with zero attached hydrogens (tertiary/aromatic N) is 1. The predicted molar refractivity (Wildman–Crippen MR) is 58.5 cm³/mol. The second-order valence-corrected chi connectivity index (χ2v) is 3.27. The van der Waals surface area contributed by atoms with E-state index in [1.54, 1.807) is 12.4 Å². The van der Waals surface area contributed by atoms with Gasteiger partial charge in [0.25, 0.3) is 0 Å². The van der Waals surface area contributed by atoms with Crippen LogP contribution in [0.2, 0.25) is 0 Å². The van der Waals surface area contributed by atoms with Gasteiger partial charge in [-0.1, -0.05) is 18.2 Å². The molecule has 15 heavy (non-hydrogen) atoms. The average molecular weight is 206 g/mol. The molecule has 4 nitrogen and oxygen atoms in total. The van der Waals surface area contributed by atoms with E-state index in [0.29, 0.717) is 6.42 Å². The van der Waals surface area contributed by atoms with Crippen molar-refractivity contribution in [1.82, 2.24) is 10.3 Å². The Balaban J connectivity index is 2.37. The van der Waals surface area contributed by atoms with Crippen molar-refractivity contribution < 1.29 is 9.90 Å². The Morgan fingerprint density at radius 3 is 3.13 bits per heavy atom. The normalized spacial score (nSPS) is 12.6. The van der Waals surface area contributed by atoms with Gasteiger partial charge in [-0.25, -0.2) is 4.79 Å². The van der Waals surface area contributed by atoms with Gasteiger partial charge in [0, 0.05) is 18.4 Å². The minimum absolute atomic E-state index is 0.0737. The quantitative estimate of drug-likeness (QED) is 0.793. The molecule has 0 bridgehead atoms. The van der Waals surface area contributed by atoms with Crippen LogP contribution in [0.1, 0.15) is 18.9 Å². The van der Waals surface area contributed by atoms with Crippen molar-refractivity contribution in [3.63, 3.8) is 0 Å². The van der Waals surface area contributed by atoms with Crippen LogP contribution in [0.5, 0.6) is 0 Å². The molecule has 1 heterocycles. The molecule has 80 valence electrons. The summed E-state index contributed by atoms with van der Waals surface area (Å²) in [5.41, 5.74) is 1.01. The van der Waals surface area contributed by atoms with Gasteiger partial charge in [-0.15, -0.1) is 0 Å². The third kappa shape index (κ3) is 4.81. The molecule has 2 N–H and O–H groups in total. The molecule has 0 aliphatic carbocycles. The smallest absolute Gasteiger partial charge is 0.404 e. The number of carboxylic acid groups (broad SMARTS) is 1. The van der Waals surface area contributed by atoms with E-state index in [4.69, 9.17) is 5.11 Å². The largest absolute Gasteiger partial charge is 0.465 e. The maximum atomic E-state index is 10.3. The van der Waals surface area contributed by atoms with Crippen LogP contribution in [-0.4, -0.2) is 22.2 Å². The maximum absolute atomic E-state index is 10.3. The van der Waals surface area contributed by atoms with E-state index in [9.17, 15) is 4.79 Å². The van der Waals surface area contributed by atoms with Crippen molar-refractivity contribution in [3.8, 4) is 0 Å². The minimum atomic E-state index is -0.989. The van der Waals surface area contributed by atoms with E-state index in [2.05, 4.69) is 10.3 Å². The first-order valence-electron chi connectivity index (χ1n) is 4.74. The van der Waals surface area contributed by atoms with E-state index in [1.165, 1.54) is 0 Å². The zero-order valence-corrected chi connectivity index (χ0v) is 8.55. The molecular formula is C11H14N2O2. The van der Waals surface area contributed by atoms with E-state index >= 15 is 0 Å². The topological polar surface area (TPSA) is 62.2 Å². The average Bonchev–Trinajstić information content (AvgIpc) is 2.18. The second-order valence-electron chi connectivity index (χ2n) is 3.27. The Labute approximate surface area is 88.7 Å². The highest BCUT2D eigenvalue weighted by molar-refractivity contribution is 5.64. The molecule has 0 aliphatic heterocycles. The van der Waals surface area contributed by atoms with Crippen LogP contribution >= 0.6 is 0 Å². The second kappa shape index (κ2) is 5.80. The molecule has 1 unspecified atom stereocenters. The van der Waals surface area contributed by atoms with E-state index in [1.807, 2.05) is 31.2 Å². The molecule has 4 heteroatoms. The summed E-state index contributed by atoms with van der Waals surface area (Å²) < 4.78 is 0. The van der Waals surface area contributed by atoms with E-state index in [-0.39, 0.29) is 6.04 Å². The van der Waals surface area contributed by atoms with Crippen LogP contribution in [0.15, 0.2) is 30.6 Å². The van der Waals surface area contributed by atoms with Crippen LogP contribution < -0.4 is 5.32 Å². The molecule has 0 radical (unpaired) electrons. The summed E-state index contributed by atoms with van der Waals surface area (Å²) >= 11 is 0. The van der Waals surface area contributed by atoms with Gasteiger partial charge in [-0.2, -0.15) is 0 Å². The fourth-order valence-corrected chi connectivity index (χ4v) is 1.15. The van der Waals surface area contributed by atoms with Gasteiger partial charge in [-0.05, 0) is 25.0 Å². The molecule has 0 saturated heterocycles. The third-order valence-electron chi connectivity index (χ3n) is 1.85. The maximum Gasteiger partial charge on any atom is 0.404 e. The van der Waals surface area contributed by atoms with Gasteiger partial charge in [0.1, 0.15) is 0 Å². The predicted octanol–water partition coefficient (Wildman–Crippen LogP) is 2.14. The van der Waals surface area contributed by atoms with Gasteiger partial charge < -0.3 is 10.4 Å². The number of hydrogen-bond acceptors (Lipinski definition) is 2. The highest BCUT2D eigenvalue weighted by Gasteiger charge is 2.01. The fourth-order valence-electron chi connectivity index (χ4n) is 1.15. The number of carbonyl (C=O) groups is 1. The molecule has 0 fully saturated rings. The third-order valence-corrected chi connectivity index (χ3v) is 1.85. The molecule has 0 aromatic carbocycles. The number of pyridine rings is 1. The van der Waals surface area contributed by atoms with Gasteiger partial charge >= 0.3 is 6.09 Å². The summed E-state index contributed by atoms with van der Waals surface area (Å²) in [6.45, 7) is 1.82. The molecule has 0 saturated carbocycles. The van der Waals surface area contributed by atoms with E-state index < -0.39 is 6.09 Å². The summed E-state index contributed by atoms with van der Waals surface area (Å²) in [4.78, 5) is 14.3. The van der Waals surface area contributed by atoms with Crippen LogP contribution in [0.25, 0.3) is 6.08 Å². The van der Waals surface area contributed by atoms with Crippen LogP contribution in [0.4, 0.5) is 4.79 Å². The molecule has 1 aromatic heterocycles. The van der Waals surface area contributed by atoms with Crippen molar-refractivity contribution in [3.05, 3.63) is 36.2 Å². The lowest BCUT2D eigenvalue weighted by Crippen LogP contribution is -2.30. The Morgan fingerprint density at radius 2 is 2.53 bits per heavy atom. The summed E-state index contributed by atoms with van der Waals surface area (Å²) in [7, 11) is 0. The van der Waals surface area contributed by atoms with Gasteiger partial charge in [-0.3, -0.25) is 4.98 Å². The monoisotopic (exact) mass is 206 g/mol. The Bertz CT molecular complexity index is 336. The summed E-state index contributed by atoms with van der Waals surface area (Å²) in [6, 6.07) is 3.73. The number of nitrogens with one attached hydrogen (secondary N) is 1. The van der Waals surface area contributed by atoms with Crippen LogP contribution in [0, 0.1) is 0 Å².